The Kier molecular flexibility index (Phi) is 10.1. The molecule has 2 N–H and O–H groups in total. The molecule has 0 saturated heterocycles. The molecule has 0 spiro atoms. The molecular weight excluding hydrogens is 820 g/mol. The molecule has 5 aromatic carbocycles. The van der Waals surface area contributed by atoms with Crippen molar-refractivity contribution in [2.75, 3.05) is 34.6 Å². The number of benzene rings is 5. The molecule has 0 fully saturated rings. The summed E-state index contributed by atoms with van der Waals surface area (Å²) < 4.78 is 27.9. The maximum atomic E-state index is 14.3. The number of non-ortho nitro benzene ring substituents is 1. The van der Waals surface area contributed by atoms with Crippen LogP contribution < -0.4 is 23.8 Å². The molecule has 3 heterocycles. The lowest BCUT2D eigenvalue weighted by molar-refractivity contribution is -0.384. The lowest BCUT2D eigenvalue weighted by Gasteiger charge is -2.19. The number of carbonyl (C=O) groups excluding carboxylic acids is 3. The van der Waals surface area contributed by atoms with E-state index in [9.17, 15) is 38.8 Å². The van der Waals surface area contributed by atoms with Crippen LogP contribution in [-0.4, -0.2) is 57.5 Å². The molecule has 0 aliphatic carbocycles. The number of phosphoric acid groups is 1. The highest BCUT2D eigenvalue weighted by Gasteiger charge is 2.39. The fourth-order valence-corrected chi connectivity index (χ4v) is 9.24. The van der Waals surface area contributed by atoms with E-state index in [1.807, 2.05) is 12.1 Å². The summed E-state index contributed by atoms with van der Waals surface area (Å²) in [5.74, 6) is -1.08. The Balaban J connectivity index is 1.10. The molecule has 6 aromatic rings. The van der Waals surface area contributed by atoms with Crippen molar-refractivity contribution < 1.29 is 47.7 Å². The summed E-state index contributed by atoms with van der Waals surface area (Å²) in [6, 6.07) is 25.1. The number of nitrogens with zero attached hydrogens (tertiary/aromatic N) is 3. The highest BCUT2D eigenvalue weighted by Crippen LogP contribution is 2.50. The van der Waals surface area contributed by atoms with Crippen molar-refractivity contribution in [3.05, 3.63) is 128 Å². The van der Waals surface area contributed by atoms with Crippen molar-refractivity contribution in [1.82, 2.24) is 0 Å². The molecule has 2 amide bonds. The van der Waals surface area contributed by atoms with Gasteiger partial charge in [-0.3, -0.25) is 29.5 Å². The maximum Gasteiger partial charge on any atom is 0.524 e. The fourth-order valence-electron chi connectivity index (χ4n) is 7.43. The van der Waals surface area contributed by atoms with E-state index in [1.54, 1.807) is 54.6 Å². The van der Waals surface area contributed by atoms with Crippen molar-refractivity contribution >= 4 is 98.9 Å². The van der Waals surface area contributed by atoms with E-state index in [-0.39, 0.29) is 69.4 Å². The molecular formula is C39H28Cl2N3O11PS. The van der Waals surface area contributed by atoms with E-state index in [0.29, 0.717) is 32.9 Å². The number of ether oxygens (including phenoxy) is 2. The molecule has 1 unspecified atom stereocenters. The summed E-state index contributed by atoms with van der Waals surface area (Å²) in [6.45, 7) is 0.382. The molecule has 2 aliphatic rings. The molecule has 0 radical (unpaired) electrons. The Morgan fingerprint density at radius 1 is 0.737 bits per heavy atom. The minimum Gasteiger partial charge on any atom is -0.404 e. The number of nitro groups is 1. The lowest BCUT2D eigenvalue weighted by atomic mass is 9.95. The molecule has 2 atom stereocenters. The molecule has 57 heavy (non-hydrogen) atoms. The van der Waals surface area contributed by atoms with E-state index >= 15 is 0 Å². The van der Waals surface area contributed by atoms with Gasteiger partial charge in [-0.15, -0.1) is 34.5 Å². The van der Waals surface area contributed by atoms with Crippen molar-refractivity contribution in [1.29, 1.82) is 0 Å². The highest BCUT2D eigenvalue weighted by molar-refractivity contribution is 7.46. The van der Waals surface area contributed by atoms with Crippen molar-refractivity contribution in [3.8, 4) is 17.2 Å². The number of thiophene rings is 1. The first-order valence-electron chi connectivity index (χ1n) is 17.2. The molecule has 1 aromatic heterocycles. The Morgan fingerprint density at radius 3 is 1.68 bits per heavy atom. The van der Waals surface area contributed by atoms with Gasteiger partial charge >= 0.3 is 14.0 Å². The molecule has 2 aliphatic heterocycles. The van der Waals surface area contributed by atoms with Crippen LogP contribution in [0.5, 0.6) is 17.2 Å². The predicted molar refractivity (Wildman–Crippen MR) is 215 cm³/mol. The number of alkyl halides is 2. The van der Waals surface area contributed by atoms with Gasteiger partial charge in [0.25, 0.3) is 17.5 Å². The summed E-state index contributed by atoms with van der Waals surface area (Å²) in [7, 11) is -4.96. The van der Waals surface area contributed by atoms with Crippen LogP contribution in [0.1, 0.15) is 42.3 Å². The minimum absolute atomic E-state index is 0.0250. The quantitative estimate of drug-likeness (QED) is 0.0353. The van der Waals surface area contributed by atoms with Gasteiger partial charge in [-0.25, -0.2) is 9.36 Å². The predicted octanol–water partition coefficient (Wildman–Crippen LogP) is 8.98. The summed E-state index contributed by atoms with van der Waals surface area (Å²) >= 11 is 13.8. The van der Waals surface area contributed by atoms with Crippen LogP contribution in [0.25, 0.3) is 21.5 Å². The van der Waals surface area contributed by atoms with Gasteiger partial charge in [-0.05, 0) is 46.2 Å². The molecule has 18 heteroatoms. The zero-order valence-electron chi connectivity index (χ0n) is 29.2. The summed E-state index contributed by atoms with van der Waals surface area (Å²) in [5, 5.41) is 13.4. The topological polar surface area (TPSA) is 186 Å². The third-order valence-electron chi connectivity index (χ3n) is 9.81. The van der Waals surface area contributed by atoms with Gasteiger partial charge in [-0.1, -0.05) is 48.5 Å². The number of halogens is 2. The zero-order valence-corrected chi connectivity index (χ0v) is 32.5. The van der Waals surface area contributed by atoms with Gasteiger partial charge in [0, 0.05) is 71.7 Å². The van der Waals surface area contributed by atoms with Crippen molar-refractivity contribution in [3.63, 3.8) is 0 Å². The second-order valence-electron chi connectivity index (χ2n) is 13.2. The number of amides is 2. The maximum absolute atomic E-state index is 14.3. The van der Waals surface area contributed by atoms with E-state index < -0.39 is 30.7 Å². The molecule has 0 saturated carbocycles. The van der Waals surface area contributed by atoms with E-state index in [4.69, 9.17) is 37.2 Å². The third kappa shape index (κ3) is 7.18. The molecule has 14 nitrogen and oxygen atoms in total. The second-order valence-corrected chi connectivity index (χ2v) is 16.1. The van der Waals surface area contributed by atoms with Gasteiger partial charge in [0.05, 0.1) is 26.1 Å². The first-order valence-corrected chi connectivity index (χ1v) is 20.6. The lowest BCUT2D eigenvalue weighted by Crippen LogP contribution is -2.30. The standard InChI is InChI=1S/C39H28Cl2N3O11PS/c40-17-21-19-42(29-15-31(25-5-1-3-7-27(25)35(21)29)54-39(47)53-24-11-9-23(10-12-24)44(48)49)37(45)33-13-14-34(57-33)38(46)43-20-22(18-41)36-28-8-4-2-6-26(28)32(16-30(36)43)55-56(50,51)52/h1-16,21-22H,17-20H2,(H2,50,51,52)/t21?,22-/m1/s1. The Morgan fingerprint density at radius 2 is 1.21 bits per heavy atom. The second kappa shape index (κ2) is 15.1. The smallest absolute Gasteiger partial charge is 0.404 e. The van der Waals surface area contributed by atoms with Gasteiger partial charge in [0.1, 0.15) is 17.2 Å². The van der Waals surface area contributed by atoms with Crippen LogP contribution in [0.15, 0.2) is 97.1 Å². The Labute approximate surface area is 337 Å². The largest absolute Gasteiger partial charge is 0.524 e. The van der Waals surface area contributed by atoms with Gasteiger partial charge < -0.3 is 23.8 Å². The number of anilines is 2. The minimum atomic E-state index is -4.96. The number of fused-ring (bicyclic) bond motifs is 6. The zero-order chi connectivity index (χ0) is 40.2. The van der Waals surface area contributed by atoms with Crippen LogP contribution in [0.3, 0.4) is 0 Å². The monoisotopic (exact) mass is 847 g/mol. The average Bonchev–Trinajstić information content (AvgIpc) is 3.93. The number of rotatable bonds is 9. The third-order valence-corrected chi connectivity index (χ3v) is 12.0. The fraction of sp³-hybridized carbons (Fsp3) is 0.154. The summed E-state index contributed by atoms with van der Waals surface area (Å²) in [5.41, 5.74) is 2.17. The van der Waals surface area contributed by atoms with Gasteiger partial charge in [-0.2, -0.15) is 0 Å². The highest BCUT2D eigenvalue weighted by atomic mass is 35.5. The van der Waals surface area contributed by atoms with Crippen LogP contribution in [0.4, 0.5) is 21.9 Å². The molecule has 8 rings (SSSR count). The van der Waals surface area contributed by atoms with Crippen LogP contribution in [-0.2, 0) is 4.57 Å². The Bertz CT molecular complexity index is 2690. The van der Waals surface area contributed by atoms with Gasteiger partial charge in [0.2, 0.25) is 0 Å². The van der Waals surface area contributed by atoms with E-state index in [1.165, 1.54) is 40.1 Å². The first-order chi connectivity index (χ1) is 27.3. The van der Waals surface area contributed by atoms with Crippen LogP contribution in [0.2, 0.25) is 0 Å². The number of hydrogen-bond acceptors (Lipinski definition) is 10. The van der Waals surface area contributed by atoms with Gasteiger partial charge in [0.15, 0.2) is 0 Å². The van der Waals surface area contributed by atoms with E-state index in [0.717, 1.165) is 22.5 Å². The molecule has 0 bridgehead atoms. The number of phosphoric ester groups is 1. The van der Waals surface area contributed by atoms with Crippen LogP contribution in [0, 0.1) is 10.1 Å². The summed E-state index contributed by atoms with van der Waals surface area (Å²) in [4.78, 5) is 74.7. The Hall–Kier alpha value is -5.54. The van der Waals surface area contributed by atoms with Crippen LogP contribution >= 0.6 is 42.4 Å². The molecule has 290 valence electrons. The SMILES string of the molecule is O=C(Oc1ccc([N+](=O)[O-])cc1)Oc1cc2c(c3ccccc13)C(CCl)CN2C(=O)c1ccc(C(=O)N2C[C@@H](CCl)c3c2cc(OP(=O)(O)O)c2ccccc32)s1. The summed E-state index contributed by atoms with van der Waals surface area (Å²) in [6.07, 6.45) is -1.10. The number of carbonyl (C=O) groups is 3. The first kappa shape index (κ1) is 38.3. The van der Waals surface area contributed by atoms with E-state index in [2.05, 4.69) is 0 Å². The van der Waals surface area contributed by atoms with Crippen molar-refractivity contribution in [2.24, 2.45) is 0 Å². The normalized spacial score (nSPS) is 16.1. The average molecular weight is 849 g/mol. The number of nitro benzene ring substituents is 1. The van der Waals surface area contributed by atoms with Crippen molar-refractivity contribution in [2.45, 2.75) is 11.8 Å². The number of hydrogen-bond donors (Lipinski definition) is 2.